The Balaban J connectivity index is 1.04. The average molecular weight is 462 g/mol. The predicted octanol–water partition coefficient (Wildman–Crippen LogP) is 4.09. The fourth-order valence-electron chi connectivity index (χ4n) is 4.28. The Morgan fingerprint density at radius 2 is 1.79 bits per heavy atom. The third kappa shape index (κ3) is 7.15. The van der Waals surface area contributed by atoms with E-state index in [1.165, 1.54) is 11.3 Å². The Labute approximate surface area is 202 Å². The van der Waals surface area contributed by atoms with Gasteiger partial charge in [0.25, 0.3) is 0 Å². The van der Waals surface area contributed by atoms with Crippen molar-refractivity contribution in [3.8, 4) is 11.5 Å². The van der Waals surface area contributed by atoms with Crippen molar-refractivity contribution < 1.29 is 9.21 Å². The molecule has 1 aliphatic heterocycles. The SMILES string of the molecule is Cc1cccc(N2CCN(CCCCNC(=O)CCCc3nnc(-c4ccccc4)o3)CC2)c1. The van der Waals surface area contributed by atoms with Gasteiger partial charge < -0.3 is 14.6 Å². The van der Waals surface area contributed by atoms with E-state index in [0.29, 0.717) is 31.0 Å². The number of aromatic nitrogens is 2. The lowest BCUT2D eigenvalue weighted by Gasteiger charge is -2.36. The molecule has 1 N–H and O–H groups in total. The molecule has 0 spiro atoms. The van der Waals surface area contributed by atoms with Crippen LogP contribution >= 0.6 is 0 Å². The second-order valence-corrected chi connectivity index (χ2v) is 8.95. The van der Waals surface area contributed by atoms with E-state index in [1.807, 2.05) is 30.3 Å². The molecule has 0 unspecified atom stereocenters. The second-order valence-electron chi connectivity index (χ2n) is 8.95. The van der Waals surface area contributed by atoms with Crippen LogP contribution in [-0.4, -0.2) is 60.3 Å². The minimum Gasteiger partial charge on any atom is -0.421 e. The van der Waals surface area contributed by atoms with E-state index in [4.69, 9.17) is 4.42 Å². The Morgan fingerprint density at radius 1 is 0.971 bits per heavy atom. The summed E-state index contributed by atoms with van der Waals surface area (Å²) in [5, 5.41) is 11.2. The summed E-state index contributed by atoms with van der Waals surface area (Å²) in [6.45, 7) is 8.33. The third-order valence-corrected chi connectivity index (χ3v) is 6.24. The van der Waals surface area contributed by atoms with Gasteiger partial charge in [-0.2, -0.15) is 0 Å². The molecule has 0 bridgehead atoms. The van der Waals surface area contributed by atoms with Crippen molar-refractivity contribution in [2.45, 2.75) is 39.0 Å². The number of carbonyl (C=O) groups is 1. The molecular weight excluding hydrogens is 426 g/mol. The Bertz CT molecular complexity index is 1030. The van der Waals surface area contributed by atoms with Crippen molar-refractivity contribution >= 4 is 11.6 Å². The van der Waals surface area contributed by atoms with E-state index in [9.17, 15) is 4.79 Å². The molecule has 34 heavy (non-hydrogen) atoms. The number of rotatable bonds is 11. The van der Waals surface area contributed by atoms with Gasteiger partial charge in [0.15, 0.2) is 0 Å². The number of nitrogens with one attached hydrogen (secondary N) is 1. The first-order chi connectivity index (χ1) is 16.7. The quantitative estimate of drug-likeness (QED) is 0.434. The first kappa shape index (κ1) is 24.0. The van der Waals surface area contributed by atoms with Gasteiger partial charge in [-0.3, -0.25) is 9.69 Å². The minimum absolute atomic E-state index is 0.0922. The molecule has 0 atom stereocenters. The summed E-state index contributed by atoms with van der Waals surface area (Å²) in [5.41, 5.74) is 3.55. The van der Waals surface area contributed by atoms with Crippen LogP contribution in [0.2, 0.25) is 0 Å². The maximum Gasteiger partial charge on any atom is 0.247 e. The van der Waals surface area contributed by atoms with Crippen molar-refractivity contribution in [3.05, 3.63) is 66.1 Å². The standard InChI is InChI=1S/C27H35N5O2/c1-22-9-7-12-24(21-22)32-19-17-31(18-20-32)16-6-5-15-28-25(33)13-8-14-26-29-30-27(34-26)23-10-3-2-4-11-23/h2-4,7,9-12,21H,5-6,8,13-20H2,1H3,(H,28,33). The van der Waals surface area contributed by atoms with Gasteiger partial charge in [0.2, 0.25) is 17.7 Å². The number of hydrogen-bond acceptors (Lipinski definition) is 6. The molecule has 0 saturated carbocycles. The Kier molecular flexibility index (Phi) is 8.68. The van der Waals surface area contributed by atoms with Crippen LogP contribution in [0.5, 0.6) is 0 Å². The van der Waals surface area contributed by atoms with Crippen LogP contribution in [-0.2, 0) is 11.2 Å². The van der Waals surface area contributed by atoms with E-state index in [0.717, 1.165) is 57.7 Å². The van der Waals surface area contributed by atoms with Crippen LogP contribution in [0.3, 0.4) is 0 Å². The van der Waals surface area contributed by atoms with Crippen LogP contribution in [0.1, 0.15) is 37.1 Å². The molecule has 4 rings (SSSR count). The molecule has 7 nitrogen and oxygen atoms in total. The van der Waals surface area contributed by atoms with Gasteiger partial charge in [0, 0.05) is 56.8 Å². The first-order valence-electron chi connectivity index (χ1n) is 12.4. The molecule has 1 fully saturated rings. The van der Waals surface area contributed by atoms with Gasteiger partial charge in [-0.25, -0.2) is 0 Å². The molecule has 1 aliphatic rings. The summed E-state index contributed by atoms with van der Waals surface area (Å²) >= 11 is 0. The lowest BCUT2D eigenvalue weighted by molar-refractivity contribution is -0.121. The van der Waals surface area contributed by atoms with Gasteiger partial charge in [-0.1, -0.05) is 30.3 Å². The van der Waals surface area contributed by atoms with Crippen LogP contribution in [0.4, 0.5) is 5.69 Å². The number of nitrogens with zero attached hydrogens (tertiary/aromatic N) is 4. The highest BCUT2D eigenvalue weighted by atomic mass is 16.4. The number of aryl methyl sites for hydroxylation is 2. The van der Waals surface area contributed by atoms with E-state index in [2.05, 4.69) is 56.5 Å². The molecule has 0 radical (unpaired) electrons. The Hall–Kier alpha value is -3.19. The van der Waals surface area contributed by atoms with E-state index < -0.39 is 0 Å². The van der Waals surface area contributed by atoms with Gasteiger partial charge in [-0.15, -0.1) is 10.2 Å². The lowest BCUT2D eigenvalue weighted by Crippen LogP contribution is -2.46. The van der Waals surface area contributed by atoms with Crippen molar-refractivity contribution in [1.29, 1.82) is 0 Å². The zero-order valence-corrected chi connectivity index (χ0v) is 20.1. The van der Waals surface area contributed by atoms with Crippen molar-refractivity contribution in [2.75, 3.05) is 44.2 Å². The van der Waals surface area contributed by atoms with Gasteiger partial charge in [0.05, 0.1) is 0 Å². The first-order valence-corrected chi connectivity index (χ1v) is 12.4. The average Bonchev–Trinajstić information content (AvgIpc) is 3.34. The van der Waals surface area contributed by atoms with Gasteiger partial charge in [-0.05, 0) is 62.6 Å². The highest BCUT2D eigenvalue weighted by Crippen LogP contribution is 2.19. The number of benzene rings is 2. The molecule has 1 aromatic heterocycles. The molecule has 1 amide bonds. The van der Waals surface area contributed by atoms with Crippen LogP contribution < -0.4 is 10.2 Å². The highest BCUT2D eigenvalue weighted by Gasteiger charge is 2.16. The molecule has 7 heteroatoms. The smallest absolute Gasteiger partial charge is 0.247 e. The summed E-state index contributed by atoms with van der Waals surface area (Å²) < 4.78 is 5.70. The van der Waals surface area contributed by atoms with Crippen LogP contribution in [0.15, 0.2) is 59.0 Å². The number of amides is 1. The van der Waals surface area contributed by atoms with Gasteiger partial charge >= 0.3 is 0 Å². The van der Waals surface area contributed by atoms with Crippen molar-refractivity contribution in [1.82, 2.24) is 20.4 Å². The maximum atomic E-state index is 12.1. The second kappa shape index (κ2) is 12.3. The molecule has 3 aromatic rings. The van der Waals surface area contributed by atoms with E-state index in [-0.39, 0.29) is 5.91 Å². The molecular formula is C27H35N5O2. The molecule has 180 valence electrons. The summed E-state index contributed by atoms with van der Waals surface area (Å²) in [6, 6.07) is 18.5. The molecule has 2 aromatic carbocycles. The maximum absolute atomic E-state index is 12.1. The zero-order valence-electron chi connectivity index (χ0n) is 20.1. The number of carbonyl (C=O) groups excluding carboxylic acids is 1. The highest BCUT2D eigenvalue weighted by molar-refractivity contribution is 5.75. The fourth-order valence-corrected chi connectivity index (χ4v) is 4.28. The van der Waals surface area contributed by atoms with Crippen molar-refractivity contribution in [2.24, 2.45) is 0 Å². The zero-order chi connectivity index (χ0) is 23.6. The van der Waals surface area contributed by atoms with E-state index >= 15 is 0 Å². The summed E-state index contributed by atoms with van der Waals surface area (Å²) in [6.07, 6.45) is 3.90. The van der Waals surface area contributed by atoms with Crippen molar-refractivity contribution in [3.63, 3.8) is 0 Å². The van der Waals surface area contributed by atoms with Crippen LogP contribution in [0.25, 0.3) is 11.5 Å². The fraction of sp³-hybridized carbons (Fsp3) is 0.444. The topological polar surface area (TPSA) is 74.5 Å². The largest absolute Gasteiger partial charge is 0.421 e. The van der Waals surface area contributed by atoms with E-state index in [1.54, 1.807) is 0 Å². The Morgan fingerprint density at radius 3 is 2.59 bits per heavy atom. The lowest BCUT2D eigenvalue weighted by atomic mass is 10.2. The third-order valence-electron chi connectivity index (χ3n) is 6.24. The summed E-state index contributed by atoms with van der Waals surface area (Å²) in [7, 11) is 0. The minimum atomic E-state index is 0.0922. The van der Waals surface area contributed by atoms with Gasteiger partial charge in [0.1, 0.15) is 0 Å². The number of unbranched alkanes of at least 4 members (excludes halogenated alkanes) is 1. The molecule has 2 heterocycles. The summed E-state index contributed by atoms with van der Waals surface area (Å²) in [4.78, 5) is 17.1. The predicted molar refractivity (Wildman–Crippen MR) is 135 cm³/mol. The van der Waals surface area contributed by atoms with Crippen LogP contribution in [0, 0.1) is 6.92 Å². The number of hydrogen-bond donors (Lipinski definition) is 1. The number of anilines is 1. The molecule has 1 saturated heterocycles. The summed E-state index contributed by atoms with van der Waals surface area (Å²) in [5.74, 6) is 1.19. The number of piperazine rings is 1. The molecule has 0 aliphatic carbocycles. The normalized spacial score (nSPS) is 14.3. The monoisotopic (exact) mass is 461 g/mol.